The summed E-state index contributed by atoms with van der Waals surface area (Å²) in [6, 6.07) is 18.8. The molecule has 0 spiro atoms. The summed E-state index contributed by atoms with van der Waals surface area (Å²) < 4.78 is 10.1. The molecule has 0 unspecified atom stereocenters. The van der Waals surface area contributed by atoms with Crippen LogP contribution in [0.3, 0.4) is 0 Å². The fourth-order valence-corrected chi connectivity index (χ4v) is 2.30. The van der Waals surface area contributed by atoms with Crippen LogP contribution in [0.1, 0.15) is 12.0 Å². The second-order valence-corrected chi connectivity index (χ2v) is 5.98. The lowest BCUT2D eigenvalue weighted by molar-refractivity contribution is -0.148. The van der Waals surface area contributed by atoms with E-state index in [2.05, 4.69) is 10.6 Å². The van der Waals surface area contributed by atoms with E-state index in [0.29, 0.717) is 12.3 Å². The highest BCUT2D eigenvalue weighted by Crippen LogP contribution is 2.07. The SMILES string of the molecule is O=C(COC(=O)CNC(=O)COc1ccccc1)NCCCc1ccccc1. The molecule has 7 nitrogen and oxygen atoms in total. The largest absolute Gasteiger partial charge is 0.484 e. The van der Waals surface area contributed by atoms with E-state index in [0.717, 1.165) is 12.8 Å². The molecule has 0 fully saturated rings. The predicted molar refractivity (Wildman–Crippen MR) is 104 cm³/mol. The van der Waals surface area contributed by atoms with Gasteiger partial charge >= 0.3 is 5.97 Å². The molecule has 0 radical (unpaired) electrons. The fraction of sp³-hybridized carbons (Fsp3) is 0.286. The molecule has 28 heavy (non-hydrogen) atoms. The average Bonchev–Trinajstić information content (AvgIpc) is 2.74. The molecule has 0 saturated carbocycles. The molecule has 2 amide bonds. The second-order valence-electron chi connectivity index (χ2n) is 5.98. The van der Waals surface area contributed by atoms with Gasteiger partial charge in [-0.05, 0) is 30.5 Å². The van der Waals surface area contributed by atoms with Crippen molar-refractivity contribution in [1.82, 2.24) is 10.6 Å². The lowest BCUT2D eigenvalue weighted by Crippen LogP contribution is -2.36. The third-order valence-electron chi connectivity index (χ3n) is 3.71. The predicted octanol–water partition coefficient (Wildman–Crippen LogP) is 1.47. The van der Waals surface area contributed by atoms with Crippen LogP contribution in [-0.2, 0) is 25.5 Å². The first-order chi connectivity index (χ1) is 13.6. The van der Waals surface area contributed by atoms with Gasteiger partial charge in [0.1, 0.15) is 12.3 Å². The number of para-hydroxylation sites is 1. The summed E-state index contributed by atoms with van der Waals surface area (Å²) in [4.78, 5) is 34.9. The summed E-state index contributed by atoms with van der Waals surface area (Å²) in [6.07, 6.45) is 1.65. The maximum absolute atomic E-state index is 11.7. The van der Waals surface area contributed by atoms with E-state index in [4.69, 9.17) is 9.47 Å². The second kappa shape index (κ2) is 12.1. The molecule has 0 atom stereocenters. The van der Waals surface area contributed by atoms with Crippen molar-refractivity contribution in [2.24, 2.45) is 0 Å². The molecule has 2 aromatic rings. The standard InChI is InChI=1S/C21H24N2O5/c24-19(22-13-7-10-17-8-3-1-4-9-17)16-28-21(26)14-23-20(25)15-27-18-11-5-2-6-12-18/h1-6,8-9,11-12H,7,10,13-16H2,(H,22,24)(H,23,25). The van der Waals surface area contributed by atoms with E-state index >= 15 is 0 Å². The van der Waals surface area contributed by atoms with Gasteiger partial charge < -0.3 is 20.1 Å². The van der Waals surface area contributed by atoms with Crippen molar-refractivity contribution in [2.45, 2.75) is 12.8 Å². The van der Waals surface area contributed by atoms with Gasteiger partial charge in [-0.15, -0.1) is 0 Å². The number of rotatable bonds is 11. The zero-order chi connectivity index (χ0) is 20.0. The first-order valence-corrected chi connectivity index (χ1v) is 9.04. The highest BCUT2D eigenvalue weighted by Gasteiger charge is 2.09. The molecule has 0 aliphatic heterocycles. The van der Waals surface area contributed by atoms with Gasteiger partial charge in [-0.3, -0.25) is 14.4 Å². The summed E-state index contributed by atoms with van der Waals surface area (Å²) in [5.74, 6) is -0.956. The molecule has 2 rings (SSSR count). The van der Waals surface area contributed by atoms with Crippen molar-refractivity contribution in [3.8, 4) is 5.75 Å². The van der Waals surface area contributed by atoms with E-state index in [9.17, 15) is 14.4 Å². The number of carbonyl (C=O) groups excluding carboxylic acids is 3. The Morgan fingerprint density at radius 3 is 2.14 bits per heavy atom. The van der Waals surface area contributed by atoms with Crippen LogP contribution in [0.5, 0.6) is 5.75 Å². The van der Waals surface area contributed by atoms with Gasteiger partial charge in [0.2, 0.25) is 0 Å². The quantitative estimate of drug-likeness (QED) is 0.452. The number of amides is 2. The first-order valence-electron chi connectivity index (χ1n) is 9.04. The summed E-state index contributed by atoms with van der Waals surface area (Å²) >= 11 is 0. The smallest absolute Gasteiger partial charge is 0.325 e. The zero-order valence-electron chi connectivity index (χ0n) is 15.6. The van der Waals surface area contributed by atoms with Gasteiger partial charge in [0.05, 0.1) is 0 Å². The Morgan fingerprint density at radius 2 is 1.43 bits per heavy atom. The highest BCUT2D eigenvalue weighted by molar-refractivity contribution is 5.84. The Bertz CT molecular complexity index is 750. The molecule has 2 aromatic carbocycles. The normalized spacial score (nSPS) is 10.0. The fourth-order valence-electron chi connectivity index (χ4n) is 2.30. The molecule has 7 heteroatoms. The Labute approximate surface area is 164 Å². The third-order valence-corrected chi connectivity index (χ3v) is 3.71. The minimum absolute atomic E-state index is 0.209. The van der Waals surface area contributed by atoms with E-state index in [1.165, 1.54) is 5.56 Å². The van der Waals surface area contributed by atoms with Gasteiger partial charge in [-0.2, -0.15) is 0 Å². The van der Waals surface area contributed by atoms with Crippen molar-refractivity contribution in [1.29, 1.82) is 0 Å². The molecule has 0 aliphatic rings. The molecule has 0 heterocycles. The topological polar surface area (TPSA) is 93.7 Å². The van der Waals surface area contributed by atoms with Crippen LogP contribution in [0.25, 0.3) is 0 Å². The molecule has 0 aromatic heterocycles. The molecule has 0 bridgehead atoms. The van der Waals surface area contributed by atoms with Crippen LogP contribution in [0.2, 0.25) is 0 Å². The number of hydrogen-bond acceptors (Lipinski definition) is 5. The minimum atomic E-state index is -0.688. The van der Waals surface area contributed by atoms with Crippen molar-refractivity contribution in [2.75, 3.05) is 26.3 Å². The van der Waals surface area contributed by atoms with Gasteiger partial charge in [0.25, 0.3) is 11.8 Å². The molecular weight excluding hydrogens is 360 g/mol. The first kappa shape index (κ1) is 21.0. The van der Waals surface area contributed by atoms with E-state index in [1.807, 2.05) is 36.4 Å². The Balaban J connectivity index is 1.50. The van der Waals surface area contributed by atoms with Crippen molar-refractivity contribution in [3.63, 3.8) is 0 Å². The van der Waals surface area contributed by atoms with Crippen LogP contribution in [-0.4, -0.2) is 44.1 Å². The van der Waals surface area contributed by atoms with E-state index in [-0.39, 0.29) is 25.7 Å². The Hall–Kier alpha value is -3.35. The zero-order valence-corrected chi connectivity index (χ0v) is 15.6. The molecule has 148 valence electrons. The van der Waals surface area contributed by atoms with E-state index < -0.39 is 11.9 Å². The monoisotopic (exact) mass is 384 g/mol. The van der Waals surface area contributed by atoms with Gasteiger partial charge in [0, 0.05) is 6.54 Å². The maximum atomic E-state index is 11.7. The third kappa shape index (κ3) is 8.84. The van der Waals surface area contributed by atoms with Crippen molar-refractivity contribution < 1.29 is 23.9 Å². The Morgan fingerprint density at radius 1 is 0.786 bits per heavy atom. The average molecular weight is 384 g/mol. The molecule has 0 aliphatic carbocycles. The highest BCUT2D eigenvalue weighted by atomic mass is 16.5. The summed E-state index contributed by atoms with van der Waals surface area (Å²) in [7, 11) is 0. The number of aryl methyl sites for hydroxylation is 1. The van der Waals surface area contributed by atoms with Crippen molar-refractivity contribution >= 4 is 17.8 Å². The summed E-state index contributed by atoms with van der Waals surface area (Å²) in [6.45, 7) is -0.406. The van der Waals surface area contributed by atoms with Crippen LogP contribution in [0.4, 0.5) is 0 Å². The van der Waals surface area contributed by atoms with Crippen LogP contribution >= 0.6 is 0 Å². The number of hydrogen-bond donors (Lipinski definition) is 2. The number of esters is 1. The molecular formula is C21H24N2O5. The van der Waals surface area contributed by atoms with Crippen LogP contribution < -0.4 is 15.4 Å². The number of carbonyl (C=O) groups is 3. The minimum Gasteiger partial charge on any atom is -0.484 e. The van der Waals surface area contributed by atoms with Gasteiger partial charge in [0.15, 0.2) is 13.2 Å². The van der Waals surface area contributed by atoms with Crippen LogP contribution in [0, 0.1) is 0 Å². The molecule has 0 saturated heterocycles. The number of benzene rings is 2. The van der Waals surface area contributed by atoms with Gasteiger partial charge in [-0.1, -0.05) is 48.5 Å². The lowest BCUT2D eigenvalue weighted by Gasteiger charge is -2.08. The lowest BCUT2D eigenvalue weighted by atomic mass is 10.1. The molecule has 2 N–H and O–H groups in total. The number of ether oxygens (including phenoxy) is 2. The number of nitrogens with one attached hydrogen (secondary N) is 2. The van der Waals surface area contributed by atoms with Crippen LogP contribution in [0.15, 0.2) is 60.7 Å². The van der Waals surface area contributed by atoms with Gasteiger partial charge in [-0.25, -0.2) is 0 Å². The Kier molecular flexibility index (Phi) is 9.06. The maximum Gasteiger partial charge on any atom is 0.325 e. The summed E-state index contributed by atoms with van der Waals surface area (Å²) in [5, 5.41) is 5.06. The summed E-state index contributed by atoms with van der Waals surface area (Å²) in [5.41, 5.74) is 1.20. The van der Waals surface area contributed by atoms with E-state index in [1.54, 1.807) is 24.3 Å². The van der Waals surface area contributed by atoms with Crippen molar-refractivity contribution in [3.05, 3.63) is 66.2 Å².